The van der Waals surface area contributed by atoms with Crippen LogP contribution in [0.3, 0.4) is 0 Å². The Morgan fingerprint density at radius 3 is 2.33 bits per heavy atom. The number of esters is 1. The van der Waals surface area contributed by atoms with Crippen LogP contribution in [0, 0.1) is 0 Å². The molecule has 0 saturated carbocycles. The third-order valence-corrected chi connectivity index (χ3v) is 4.14. The number of rotatable bonds is 8. The predicted molar refractivity (Wildman–Crippen MR) is 89.5 cm³/mol. The Kier molecular flexibility index (Phi) is 7.43. The molecule has 1 aliphatic heterocycles. The summed E-state index contributed by atoms with van der Waals surface area (Å²) in [6, 6.07) is 6.03. The molecule has 9 heteroatoms. The van der Waals surface area contributed by atoms with Crippen LogP contribution in [0.5, 0.6) is 0 Å². The first-order chi connectivity index (χ1) is 12.9. The molecule has 27 heavy (non-hydrogen) atoms. The van der Waals surface area contributed by atoms with Crippen molar-refractivity contribution in [3.63, 3.8) is 0 Å². The fourth-order valence-electron chi connectivity index (χ4n) is 2.63. The van der Waals surface area contributed by atoms with Gasteiger partial charge in [-0.3, -0.25) is 14.3 Å². The maximum Gasteiger partial charge on any atom is 0.341 e. The van der Waals surface area contributed by atoms with Crippen LogP contribution in [0.4, 0.5) is 0 Å². The number of unbranched alkanes of at least 4 members (excludes halogenated alkanes) is 1. The Hall–Kier alpha value is -2.33. The summed E-state index contributed by atoms with van der Waals surface area (Å²) in [7, 11) is 0. The summed E-state index contributed by atoms with van der Waals surface area (Å²) in [5, 5.41) is 29.5. The summed E-state index contributed by atoms with van der Waals surface area (Å²) in [6.07, 6.45) is -6.85. The van der Waals surface area contributed by atoms with Gasteiger partial charge < -0.3 is 24.8 Å². The maximum atomic E-state index is 12.5. The Morgan fingerprint density at radius 1 is 1.07 bits per heavy atom. The van der Waals surface area contributed by atoms with Gasteiger partial charge >= 0.3 is 5.97 Å². The van der Waals surface area contributed by atoms with Gasteiger partial charge in [0.05, 0.1) is 5.56 Å². The smallest absolute Gasteiger partial charge is 0.341 e. The number of aliphatic hydroxyl groups excluding tert-OH is 3. The number of carbonyl (C=O) groups is 3. The van der Waals surface area contributed by atoms with Gasteiger partial charge in [0.15, 0.2) is 5.78 Å². The maximum absolute atomic E-state index is 12.5. The second-order valence-electron chi connectivity index (χ2n) is 6.05. The molecule has 0 amide bonds. The van der Waals surface area contributed by atoms with Crippen LogP contribution < -0.4 is 0 Å². The van der Waals surface area contributed by atoms with E-state index in [0.717, 1.165) is 6.42 Å². The highest BCUT2D eigenvalue weighted by Gasteiger charge is 2.47. The van der Waals surface area contributed by atoms with Crippen LogP contribution >= 0.6 is 0 Å². The van der Waals surface area contributed by atoms with Crippen LogP contribution in [0.1, 0.15) is 46.9 Å². The first-order valence-corrected chi connectivity index (χ1v) is 8.52. The topological polar surface area (TPSA) is 140 Å². The molecule has 1 heterocycles. The van der Waals surface area contributed by atoms with E-state index < -0.39 is 36.9 Å². The van der Waals surface area contributed by atoms with Crippen LogP contribution in [-0.2, 0) is 19.0 Å². The minimum atomic E-state index is -1.78. The summed E-state index contributed by atoms with van der Waals surface area (Å²) in [4.78, 5) is 35.2. The summed E-state index contributed by atoms with van der Waals surface area (Å²) >= 11 is 0. The Morgan fingerprint density at radius 2 is 1.70 bits per heavy atom. The molecule has 0 spiro atoms. The highest BCUT2D eigenvalue weighted by atomic mass is 16.8. The normalized spacial score (nSPS) is 27.6. The monoisotopic (exact) mass is 382 g/mol. The molecule has 1 aromatic rings. The van der Waals surface area contributed by atoms with Crippen LogP contribution in [0.25, 0.3) is 0 Å². The number of Topliss-reactive ketones (excluding diaryl/α,β-unsaturated/α-hetero) is 1. The molecule has 2 unspecified atom stereocenters. The first kappa shape index (κ1) is 21.0. The van der Waals surface area contributed by atoms with Gasteiger partial charge in [-0.25, -0.2) is 4.79 Å². The van der Waals surface area contributed by atoms with Crippen molar-refractivity contribution in [2.45, 2.75) is 57.1 Å². The zero-order valence-electron chi connectivity index (χ0n) is 14.7. The van der Waals surface area contributed by atoms with E-state index in [1.807, 2.05) is 6.92 Å². The SMILES string of the molecule is CCCCC(=O)c1ccccc1C(=O)O[C@@H]1OC(OC=O)[C@@H](O)[C@H](O)C1O. The second kappa shape index (κ2) is 9.56. The van der Waals surface area contributed by atoms with Crippen LogP contribution in [0.2, 0.25) is 0 Å². The van der Waals surface area contributed by atoms with E-state index in [-0.39, 0.29) is 29.8 Å². The number of aliphatic hydroxyl groups is 3. The summed E-state index contributed by atoms with van der Waals surface area (Å²) < 4.78 is 14.6. The Labute approximate surface area is 155 Å². The van der Waals surface area contributed by atoms with Gasteiger partial charge in [0.1, 0.15) is 18.3 Å². The van der Waals surface area contributed by atoms with Gasteiger partial charge in [-0.05, 0) is 12.5 Å². The van der Waals surface area contributed by atoms with Crippen molar-refractivity contribution in [1.82, 2.24) is 0 Å². The van der Waals surface area contributed by atoms with Gasteiger partial charge in [0.2, 0.25) is 12.6 Å². The van der Waals surface area contributed by atoms with E-state index in [0.29, 0.717) is 6.42 Å². The van der Waals surface area contributed by atoms with Crippen molar-refractivity contribution in [3.8, 4) is 0 Å². The van der Waals surface area contributed by atoms with Crippen molar-refractivity contribution in [2.24, 2.45) is 0 Å². The molecule has 5 atom stereocenters. The van der Waals surface area contributed by atoms with Gasteiger partial charge in [0, 0.05) is 12.0 Å². The number of carbonyl (C=O) groups excluding carboxylic acids is 3. The average Bonchev–Trinajstić information content (AvgIpc) is 2.68. The number of hydrogen-bond acceptors (Lipinski definition) is 9. The molecule has 3 N–H and O–H groups in total. The molecule has 1 aromatic carbocycles. The average molecular weight is 382 g/mol. The Balaban J connectivity index is 2.16. The number of hydrogen-bond donors (Lipinski definition) is 3. The van der Waals surface area contributed by atoms with E-state index in [4.69, 9.17) is 9.47 Å². The zero-order chi connectivity index (χ0) is 20.0. The molecule has 9 nitrogen and oxygen atoms in total. The van der Waals surface area contributed by atoms with Gasteiger partial charge in [0.25, 0.3) is 6.47 Å². The lowest BCUT2D eigenvalue weighted by atomic mass is 10.00. The van der Waals surface area contributed by atoms with Crippen molar-refractivity contribution in [2.75, 3.05) is 0 Å². The summed E-state index contributed by atoms with van der Waals surface area (Å²) in [6.45, 7) is 1.92. The standard InChI is InChI=1S/C18H22O9/c1-2-3-8-12(20)10-6-4-5-7-11(10)16(24)26-18-15(23)13(21)14(22)17(27-18)25-9-19/h4-7,9,13-15,17-18,21-23H,2-3,8H2,1H3/t13-,14-,15?,17?,18+/m0/s1. The van der Waals surface area contributed by atoms with E-state index in [2.05, 4.69) is 4.74 Å². The lowest BCUT2D eigenvalue weighted by Gasteiger charge is -2.38. The molecule has 2 rings (SSSR count). The molecule has 148 valence electrons. The molecular weight excluding hydrogens is 360 g/mol. The molecule has 0 radical (unpaired) electrons. The van der Waals surface area contributed by atoms with Crippen molar-refractivity contribution < 1.29 is 43.9 Å². The largest absolute Gasteiger partial charge is 0.435 e. The fraction of sp³-hybridized carbons (Fsp3) is 0.500. The third-order valence-electron chi connectivity index (χ3n) is 4.14. The second-order valence-corrected chi connectivity index (χ2v) is 6.05. The highest BCUT2D eigenvalue weighted by Crippen LogP contribution is 2.24. The van der Waals surface area contributed by atoms with Crippen LogP contribution in [-0.4, -0.2) is 64.4 Å². The van der Waals surface area contributed by atoms with Crippen LogP contribution in [0.15, 0.2) is 24.3 Å². The number of ether oxygens (including phenoxy) is 3. The van der Waals surface area contributed by atoms with Crippen molar-refractivity contribution >= 4 is 18.2 Å². The summed E-state index contributed by atoms with van der Waals surface area (Å²) in [5.74, 6) is -1.19. The predicted octanol–water partition coefficient (Wildman–Crippen LogP) is 0.154. The molecule has 1 fully saturated rings. The van der Waals surface area contributed by atoms with E-state index in [9.17, 15) is 29.7 Å². The molecular formula is C18H22O9. The lowest BCUT2D eigenvalue weighted by molar-refractivity contribution is -0.327. The molecule has 0 aliphatic carbocycles. The molecule has 0 aromatic heterocycles. The number of ketones is 1. The molecule has 1 aliphatic rings. The molecule has 0 bridgehead atoms. The lowest BCUT2D eigenvalue weighted by Crippen LogP contribution is -2.59. The Bertz CT molecular complexity index is 675. The highest BCUT2D eigenvalue weighted by molar-refractivity contribution is 6.06. The quantitative estimate of drug-likeness (QED) is 0.326. The first-order valence-electron chi connectivity index (χ1n) is 8.52. The van der Waals surface area contributed by atoms with Crippen molar-refractivity contribution in [1.29, 1.82) is 0 Å². The number of benzene rings is 1. The van der Waals surface area contributed by atoms with E-state index in [1.54, 1.807) is 12.1 Å². The van der Waals surface area contributed by atoms with Gasteiger partial charge in [-0.15, -0.1) is 0 Å². The molecule has 1 saturated heterocycles. The fourth-order valence-corrected chi connectivity index (χ4v) is 2.63. The van der Waals surface area contributed by atoms with Gasteiger partial charge in [-0.1, -0.05) is 31.5 Å². The van der Waals surface area contributed by atoms with E-state index >= 15 is 0 Å². The van der Waals surface area contributed by atoms with Gasteiger partial charge in [-0.2, -0.15) is 0 Å². The minimum absolute atomic E-state index is 0.0150. The van der Waals surface area contributed by atoms with E-state index in [1.165, 1.54) is 12.1 Å². The van der Waals surface area contributed by atoms with Crippen molar-refractivity contribution in [3.05, 3.63) is 35.4 Å². The zero-order valence-corrected chi connectivity index (χ0v) is 14.7. The minimum Gasteiger partial charge on any atom is -0.435 e. The third kappa shape index (κ3) is 4.89. The summed E-state index contributed by atoms with van der Waals surface area (Å²) in [5.41, 5.74) is 0.144.